The van der Waals surface area contributed by atoms with Gasteiger partial charge in [-0.3, -0.25) is 0 Å². The molecule has 0 spiro atoms. The predicted molar refractivity (Wildman–Crippen MR) is 162 cm³/mol. The maximum Gasteiger partial charge on any atom is 0.365 e. The zero-order chi connectivity index (χ0) is 28.3. The van der Waals surface area contributed by atoms with Crippen molar-refractivity contribution >= 4 is 34.0 Å². The summed E-state index contributed by atoms with van der Waals surface area (Å²) in [4.78, 5) is 21.7. The molecule has 0 bridgehead atoms. The smallest absolute Gasteiger partial charge is 0.365 e. The molecule has 0 radical (unpaired) electrons. The van der Waals surface area contributed by atoms with E-state index in [4.69, 9.17) is 9.57 Å². The molecule has 3 heterocycles. The first-order chi connectivity index (χ1) is 20.7. The van der Waals surface area contributed by atoms with Gasteiger partial charge >= 0.3 is 5.97 Å². The molecule has 42 heavy (non-hydrogen) atoms. The molecule has 1 aliphatic carbocycles. The molecule has 1 saturated carbocycles. The highest BCUT2D eigenvalue weighted by molar-refractivity contribution is 7.17. The van der Waals surface area contributed by atoms with Gasteiger partial charge in [-0.25, -0.2) is 4.79 Å². The molecule has 0 unspecified atom stereocenters. The van der Waals surface area contributed by atoms with Crippen LogP contribution in [0.5, 0.6) is 0 Å². The number of hydrogen-bond donors (Lipinski definition) is 0. The van der Waals surface area contributed by atoms with Crippen molar-refractivity contribution in [2.75, 3.05) is 18.0 Å². The first-order valence-electron chi connectivity index (χ1n) is 14.7. The highest BCUT2D eigenvalue weighted by Crippen LogP contribution is 2.32. The molecule has 2 aliphatic rings. The van der Waals surface area contributed by atoms with Crippen LogP contribution in [0.3, 0.4) is 0 Å². The minimum atomic E-state index is -0.517. The van der Waals surface area contributed by atoms with E-state index in [1.54, 1.807) is 18.2 Å². The van der Waals surface area contributed by atoms with Crippen LogP contribution in [-0.2, 0) is 4.74 Å². The SMILES string of the molecule is O=C(On1nnc2ccccc21)c1ccc(-c2nnc(-c3ccc(N4CCC(OC5CCCCC5)CC4)cc3)s2)cc1. The Kier molecular flexibility index (Phi) is 7.63. The first kappa shape index (κ1) is 26.7. The van der Waals surface area contributed by atoms with Gasteiger partial charge in [0.15, 0.2) is 0 Å². The second-order valence-corrected chi connectivity index (χ2v) is 11.9. The number of aromatic nitrogens is 5. The quantitative estimate of drug-likeness (QED) is 0.210. The van der Waals surface area contributed by atoms with E-state index in [2.05, 4.69) is 49.7 Å². The number of anilines is 1. The summed E-state index contributed by atoms with van der Waals surface area (Å²) in [6.07, 6.45) is 9.52. The summed E-state index contributed by atoms with van der Waals surface area (Å²) in [5.74, 6) is -0.517. The van der Waals surface area contributed by atoms with Gasteiger partial charge in [-0.2, -0.15) is 0 Å². The summed E-state index contributed by atoms with van der Waals surface area (Å²) >= 11 is 1.53. The standard InChI is InChI=1S/C32H32N6O3S/c39-32(41-38-29-9-5-4-8-28(29)33-36-38)24-12-10-22(11-13-24)30-34-35-31(42-30)23-14-16-25(17-15-23)37-20-18-27(19-21-37)40-26-6-2-1-3-7-26/h4-5,8-17,26-27H,1-3,6-7,18-21H2. The summed E-state index contributed by atoms with van der Waals surface area (Å²) in [7, 11) is 0. The van der Waals surface area contributed by atoms with Gasteiger partial charge in [-0.05, 0) is 79.4 Å². The van der Waals surface area contributed by atoms with Gasteiger partial charge in [0.1, 0.15) is 21.0 Å². The van der Waals surface area contributed by atoms with Gasteiger partial charge < -0.3 is 14.5 Å². The molecule has 3 aromatic carbocycles. The number of ether oxygens (including phenoxy) is 1. The minimum absolute atomic E-state index is 0.400. The molecule has 0 N–H and O–H groups in total. The topological polar surface area (TPSA) is 95.3 Å². The number of benzene rings is 3. The lowest BCUT2D eigenvalue weighted by Crippen LogP contribution is -2.38. The Morgan fingerprint density at radius 3 is 2.10 bits per heavy atom. The van der Waals surface area contributed by atoms with E-state index in [1.807, 2.05) is 30.3 Å². The Labute approximate surface area is 248 Å². The fourth-order valence-corrected chi connectivity index (χ4v) is 6.64. The summed E-state index contributed by atoms with van der Waals surface area (Å²) in [5, 5.41) is 18.4. The molecular formula is C32H32N6O3S. The number of para-hydroxylation sites is 1. The normalized spacial score (nSPS) is 16.6. The molecular weight excluding hydrogens is 548 g/mol. The lowest BCUT2D eigenvalue weighted by Gasteiger charge is -2.36. The van der Waals surface area contributed by atoms with Gasteiger partial charge in [0.05, 0.1) is 17.8 Å². The highest BCUT2D eigenvalue weighted by Gasteiger charge is 2.24. The molecule has 2 fully saturated rings. The zero-order valence-corrected chi connectivity index (χ0v) is 24.1. The van der Waals surface area contributed by atoms with Crippen molar-refractivity contribution in [3.05, 3.63) is 78.4 Å². The molecule has 2 aromatic heterocycles. The van der Waals surface area contributed by atoms with Crippen LogP contribution < -0.4 is 9.74 Å². The van der Waals surface area contributed by atoms with Crippen molar-refractivity contribution < 1.29 is 14.4 Å². The Hall–Kier alpha value is -4.15. The van der Waals surface area contributed by atoms with Crippen LogP contribution in [0.1, 0.15) is 55.3 Å². The monoisotopic (exact) mass is 580 g/mol. The number of nitrogens with zero attached hydrogens (tertiary/aromatic N) is 6. The molecule has 0 atom stereocenters. The van der Waals surface area contributed by atoms with E-state index in [1.165, 1.54) is 49.1 Å². The van der Waals surface area contributed by atoms with Crippen molar-refractivity contribution in [3.8, 4) is 21.1 Å². The number of carbonyl (C=O) groups excluding carboxylic acids is 1. The van der Waals surface area contributed by atoms with E-state index in [0.29, 0.717) is 28.8 Å². The average molecular weight is 581 g/mol. The Morgan fingerprint density at radius 2 is 1.38 bits per heavy atom. The van der Waals surface area contributed by atoms with Crippen LogP contribution in [-0.4, -0.2) is 56.6 Å². The van der Waals surface area contributed by atoms with Gasteiger partial charge in [-0.1, -0.05) is 59.7 Å². The fraction of sp³-hybridized carbons (Fsp3) is 0.344. The van der Waals surface area contributed by atoms with E-state index in [0.717, 1.165) is 51.9 Å². The molecule has 214 valence electrons. The van der Waals surface area contributed by atoms with Crippen LogP contribution in [0, 0.1) is 0 Å². The number of piperidine rings is 1. The molecule has 1 aliphatic heterocycles. The average Bonchev–Trinajstić information content (AvgIpc) is 3.70. The Morgan fingerprint density at radius 1 is 0.738 bits per heavy atom. The van der Waals surface area contributed by atoms with Crippen LogP contribution in [0.4, 0.5) is 5.69 Å². The third-order valence-electron chi connectivity index (χ3n) is 8.14. The number of hydrogen-bond acceptors (Lipinski definition) is 9. The molecule has 9 nitrogen and oxygen atoms in total. The van der Waals surface area contributed by atoms with Crippen LogP contribution >= 0.6 is 11.3 Å². The van der Waals surface area contributed by atoms with E-state index in [-0.39, 0.29) is 0 Å². The second kappa shape index (κ2) is 12.0. The maximum atomic E-state index is 12.7. The van der Waals surface area contributed by atoms with Gasteiger partial charge in [0.2, 0.25) is 0 Å². The van der Waals surface area contributed by atoms with Crippen LogP contribution in [0.15, 0.2) is 72.8 Å². The largest absolute Gasteiger partial charge is 0.375 e. The van der Waals surface area contributed by atoms with Crippen molar-refractivity contribution in [2.45, 2.75) is 57.2 Å². The second-order valence-electron chi connectivity index (χ2n) is 10.9. The van der Waals surface area contributed by atoms with E-state index < -0.39 is 5.97 Å². The van der Waals surface area contributed by atoms with Crippen molar-refractivity contribution in [3.63, 3.8) is 0 Å². The maximum absolute atomic E-state index is 12.7. The molecule has 7 rings (SSSR count). The third-order valence-corrected chi connectivity index (χ3v) is 9.16. The Bertz CT molecular complexity index is 1650. The highest BCUT2D eigenvalue weighted by atomic mass is 32.1. The van der Waals surface area contributed by atoms with Crippen molar-refractivity contribution in [2.24, 2.45) is 0 Å². The van der Waals surface area contributed by atoms with Gasteiger partial charge in [0.25, 0.3) is 0 Å². The van der Waals surface area contributed by atoms with Crippen LogP contribution in [0.2, 0.25) is 0 Å². The van der Waals surface area contributed by atoms with Crippen molar-refractivity contribution in [1.82, 2.24) is 25.4 Å². The lowest BCUT2D eigenvalue weighted by atomic mass is 9.97. The minimum Gasteiger partial charge on any atom is -0.375 e. The van der Waals surface area contributed by atoms with Gasteiger partial charge in [-0.15, -0.1) is 15.3 Å². The summed E-state index contributed by atoms with van der Waals surface area (Å²) in [6.45, 7) is 2.05. The summed E-state index contributed by atoms with van der Waals surface area (Å²) in [5.41, 5.74) is 4.85. The van der Waals surface area contributed by atoms with Crippen LogP contribution in [0.25, 0.3) is 32.2 Å². The van der Waals surface area contributed by atoms with E-state index >= 15 is 0 Å². The Balaban J connectivity index is 0.955. The van der Waals surface area contributed by atoms with E-state index in [9.17, 15) is 4.79 Å². The summed E-state index contributed by atoms with van der Waals surface area (Å²) < 4.78 is 6.42. The zero-order valence-electron chi connectivity index (χ0n) is 23.3. The molecule has 10 heteroatoms. The summed E-state index contributed by atoms with van der Waals surface area (Å²) in [6, 6.07) is 23.0. The lowest BCUT2D eigenvalue weighted by molar-refractivity contribution is -0.0395. The molecule has 5 aromatic rings. The molecule has 1 saturated heterocycles. The van der Waals surface area contributed by atoms with Gasteiger partial charge in [0, 0.05) is 29.9 Å². The molecule has 0 amide bonds. The first-order valence-corrected chi connectivity index (χ1v) is 15.5. The number of rotatable bonds is 7. The van der Waals surface area contributed by atoms with Crippen molar-refractivity contribution in [1.29, 1.82) is 0 Å². The third kappa shape index (κ3) is 5.77. The predicted octanol–water partition coefficient (Wildman–Crippen LogP) is 6.20. The number of fused-ring (bicyclic) bond motifs is 1. The fourth-order valence-electron chi connectivity index (χ4n) is 5.79. The number of carbonyl (C=O) groups is 1.